The number of carbonyl (C=O) groups is 1. The first kappa shape index (κ1) is 18.4. The number of anilines is 1. The van der Waals surface area contributed by atoms with Crippen molar-refractivity contribution in [2.24, 2.45) is 0 Å². The van der Waals surface area contributed by atoms with Crippen LogP contribution in [0.4, 0.5) is 5.69 Å². The highest BCUT2D eigenvalue weighted by Crippen LogP contribution is 2.41. The maximum Gasteiger partial charge on any atom is 0.274 e. The molecule has 4 aromatic rings. The molecule has 30 heavy (non-hydrogen) atoms. The maximum absolute atomic E-state index is 12.6. The van der Waals surface area contributed by atoms with Gasteiger partial charge >= 0.3 is 0 Å². The van der Waals surface area contributed by atoms with Gasteiger partial charge in [-0.05, 0) is 49.6 Å². The zero-order valence-corrected chi connectivity index (χ0v) is 16.7. The average Bonchev–Trinajstić information content (AvgIpc) is 3.57. The number of imidazole rings is 1. The number of benzene rings is 1. The number of amides is 1. The van der Waals surface area contributed by atoms with Gasteiger partial charge < -0.3 is 14.5 Å². The predicted molar refractivity (Wildman–Crippen MR) is 115 cm³/mol. The van der Waals surface area contributed by atoms with E-state index in [2.05, 4.69) is 17.2 Å². The molecule has 6 heteroatoms. The molecule has 6 nitrogen and oxygen atoms in total. The van der Waals surface area contributed by atoms with Crippen molar-refractivity contribution < 1.29 is 9.53 Å². The molecule has 1 aliphatic rings. The van der Waals surface area contributed by atoms with Gasteiger partial charge in [-0.2, -0.15) is 0 Å². The molecule has 0 aliphatic heterocycles. The van der Waals surface area contributed by atoms with Crippen LogP contribution in [0.1, 0.15) is 46.2 Å². The summed E-state index contributed by atoms with van der Waals surface area (Å²) in [6, 6.07) is 17.1. The van der Waals surface area contributed by atoms with Crippen molar-refractivity contribution in [2.75, 3.05) is 5.32 Å². The number of nitrogens with zero attached hydrogens (tertiary/aromatic N) is 3. The lowest BCUT2D eigenvalue weighted by molar-refractivity contribution is 0.102. The maximum atomic E-state index is 12.6. The number of aryl methyl sites for hydroxylation is 1. The van der Waals surface area contributed by atoms with Gasteiger partial charge in [-0.15, -0.1) is 0 Å². The Kier molecular flexibility index (Phi) is 4.67. The second-order valence-electron chi connectivity index (χ2n) is 7.61. The Morgan fingerprint density at radius 1 is 1.13 bits per heavy atom. The number of hydrogen-bond acceptors (Lipinski definition) is 4. The number of aromatic nitrogens is 3. The second kappa shape index (κ2) is 7.63. The summed E-state index contributed by atoms with van der Waals surface area (Å²) in [6.07, 6.45) is 5.91. The van der Waals surface area contributed by atoms with Gasteiger partial charge in [0.1, 0.15) is 23.7 Å². The average molecular weight is 398 g/mol. The number of pyridine rings is 2. The Morgan fingerprint density at radius 2 is 1.97 bits per heavy atom. The topological polar surface area (TPSA) is 68.5 Å². The van der Waals surface area contributed by atoms with E-state index < -0.39 is 0 Å². The van der Waals surface area contributed by atoms with Crippen LogP contribution in [0.25, 0.3) is 5.65 Å². The third kappa shape index (κ3) is 3.76. The third-order valence-corrected chi connectivity index (χ3v) is 5.33. The van der Waals surface area contributed by atoms with Crippen molar-refractivity contribution in [3.05, 3.63) is 89.6 Å². The van der Waals surface area contributed by atoms with Crippen LogP contribution < -0.4 is 10.1 Å². The normalized spacial score (nSPS) is 13.4. The Labute approximate surface area is 174 Å². The molecule has 3 heterocycles. The largest absolute Gasteiger partial charge is 0.487 e. The molecule has 1 saturated carbocycles. The van der Waals surface area contributed by atoms with Gasteiger partial charge in [-0.3, -0.25) is 4.79 Å². The van der Waals surface area contributed by atoms with Crippen LogP contribution in [-0.2, 0) is 6.61 Å². The van der Waals surface area contributed by atoms with Crippen molar-refractivity contribution in [3.63, 3.8) is 0 Å². The fraction of sp³-hybridized carbons (Fsp3) is 0.208. The molecule has 0 radical (unpaired) electrons. The second-order valence-corrected chi connectivity index (χ2v) is 7.61. The number of carbonyl (C=O) groups excluding carboxylic acids is 1. The Bertz CT molecular complexity index is 1200. The monoisotopic (exact) mass is 398 g/mol. The van der Waals surface area contributed by atoms with E-state index in [0.29, 0.717) is 29.7 Å². The lowest BCUT2D eigenvalue weighted by atomic mass is 10.2. The molecule has 1 fully saturated rings. The van der Waals surface area contributed by atoms with Crippen molar-refractivity contribution >= 4 is 17.2 Å². The molecule has 150 valence electrons. The van der Waals surface area contributed by atoms with E-state index in [9.17, 15) is 4.79 Å². The Morgan fingerprint density at radius 3 is 2.70 bits per heavy atom. The minimum absolute atomic E-state index is 0.260. The fourth-order valence-corrected chi connectivity index (χ4v) is 3.53. The van der Waals surface area contributed by atoms with Gasteiger partial charge in [0, 0.05) is 17.8 Å². The molecule has 0 saturated heterocycles. The Hall–Kier alpha value is -3.67. The van der Waals surface area contributed by atoms with Crippen molar-refractivity contribution in [3.8, 4) is 5.75 Å². The van der Waals surface area contributed by atoms with Crippen LogP contribution in [0.3, 0.4) is 0 Å². The van der Waals surface area contributed by atoms with Crippen LogP contribution in [0.2, 0.25) is 0 Å². The number of hydrogen-bond donors (Lipinski definition) is 1. The molecule has 1 aliphatic carbocycles. The van der Waals surface area contributed by atoms with Crippen molar-refractivity contribution in [2.45, 2.75) is 32.3 Å². The molecule has 1 aromatic carbocycles. The van der Waals surface area contributed by atoms with E-state index >= 15 is 0 Å². The quantitative estimate of drug-likeness (QED) is 0.509. The first-order valence-corrected chi connectivity index (χ1v) is 10.1. The standard InChI is InChI=1S/C24H22N4O2/c1-16-23(18-7-8-18)27-22-12-9-19(14-28(16)22)26-24(29)21-11-10-20(13-25-21)30-15-17-5-3-2-4-6-17/h2-6,9-14,18H,7-8,15H2,1H3,(H,26,29). The lowest BCUT2D eigenvalue weighted by Gasteiger charge is -2.08. The van der Waals surface area contributed by atoms with Gasteiger partial charge in [-0.1, -0.05) is 30.3 Å². The predicted octanol–water partition coefficient (Wildman–Crippen LogP) is 4.75. The zero-order valence-electron chi connectivity index (χ0n) is 16.7. The summed E-state index contributed by atoms with van der Waals surface area (Å²) in [6.45, 7) is 2.54. The summed E-state index contributed by atoms with van der Waals surface area (Å²) in [4.78, 5) is 21.6. The Balaban J connectivity index is 1.26. The van der Waals surface area contributed by atoms with Gasteiger partial charge in [0.05, 0.1) is 17.6 Å². The molecule has 1 N–H and O–H groups in total. The highest BCUT2D eigenvalue weighted by Gasteiger charge is 2.28. The molecular weight excluding hydrogens is 376 g/mol. The third-order valence-electron chi connectivity index (χ3n) is 5.33. The molecular formula is C24H22N4O2. The van der Waals surface area contributed by atoms with Crippen LogP contribution >= 0.6 is 0 Å². The SMILES string of the molecule is Cc1c(C2CC2)nc2ccc(NC(=O)c3ccc(OCc4ccccc4)cn3)cn12. The van der Waals surface area contributed by atoms with Crippen LogP contribution in [0.15, 0.2) is 67.0 Å². The van der Waals surface area contributed by atoms with E-state index in [1.54, 1.807) is 18.3 Å². The number of nitrogens with one attached hydrogen (secondary N) is 1. The van der Waals surface area contributed by atoms with Crippen LogP contribution in [-0.4, -0.2) is 20.3 Å². The van der Waals surface area contributed by atoms with Gasteiger partial charge in [0.15, 0.2) is 0 Å². The van der Waals surface area contributed by atoms with Crippen LogP contribution in [0.5, 0.6) is 5.75 Å². The first-order valence-electron chi connectivity index (χ1n) is 10.1. The molecule has 0 unspecified atom stereocenters. The van der Waals surface area contributed by atoms with E-state index in [1.165, 1.54) is 18.5 Å². The molecule has 0 spiro atoms. The minimum atomic E-state index is -0.260. The summed E-state index contributed by atoms with van der Waals surface area (Å²) >= 11 is 0. The summed E-state index contributed by atoms with van der Waals surface area (Å²) in [7, 11) is 0. The molecule has 1 amide bonds. The van der Waals surface area contributed by atoms with Crippen LogP contribution in [0, 0.1) is 6.92 Å². The summed E-state index contributed by atoms with van der Waals surface area (Å²) in [5.74, 6) is 0.956. The molecule has 5 rings (SSSR count). The zero-order chi connectivity index (χ0) is 20.5. The number of rotatable bonds is 6. The van der Waals surface area contributed by atoms with E-state index in [-0.39, 0.29) is 5.91 Å². The van der Waals surface area contributed by atoms with Crippen molar-refractivity contribution in [1.29, 1.82) is 0 Å². The van der Waals surface area contributed by atoms with Gasteiger partial charge in [0.2, 0.25) is 0 Å². The summed E-state index contributed by atoms with van der Waals surface area (Å²) < 4.78 is 7.77. The highest BCUT2D eigenvalue weighted by molar-refractivity contribution is 6.02. The fourth-order valence-electron chi connectivity index (χ4n) is 3.53. The van der Waals surface area contributed by atoms with Gasteiger partial charge in [-0.25, -0.2) is 9.97 Å². The number of fused-ring (bicyclic) bond motifs is 1. The van der Waals surface area contributed by atoms with Crippen molar-refractivity contribution in [1.82, 2.24) is 14.4 Å². The summed E-state index contributed by atoms with van der Waals surface area (Å²) in [5, 5.41) is 2.92. The van der Waals surface area contributed by atoms with E-state index in [0.717, 1.165) is 16.9 Å². The minimum Gasteiger partial charge on any atom is -0.487 e. The van der Waals surface area contributed by atoms with E-state index in [4.69, 9.17) is 9.72 Å². The smallest absolute Gasteiger partial charge is 0.274 e. The van der Waals surface area contributed by atoms with Gasteiger partial charge in [0.25, 0.3) is 5.91 Å². The molecule has 0 bridgehead atoms. The highest BCUT2D eigenvalue weighted by atomic mass is 16.5. The molecule has 3 aromatic heterocycles. The summed E-state index contributed by atoms with van der Waals surface area (Å²) in [5.41, 5.74) is 5.34. The molecule has 0 atom stereocenters. The lowest BCUT2D eigenvalue weighted by Crippen LogP contribution is -2.14. The van der Waals surface area contributed by atoms with E-state index in [1.807, 2.05) is 53.1 Å². The number of ether oxygens (including phenoxy) is 1. The first-order chi connectivity index (χ1) is 14.7.